The number of anilines is 1. The lowest BCUT2D eigenvalue weighted by Gasteiger charge is -2.13. The predicted octanol–water partition coefficient (Wildman–Crippen LogP) is 2.56. The lowest BCUT2D eigenvalue weighted by molar-refractivity contribution is 0.389. The Kier molecular flexibility index (Phi) is 3.14. The number of nitrogens with zero attached hydrogens (tertiary/aromatic N) is 1. The molecule has 0 saturated heterocycles. The van der Waals surface area contributed by atoms with Crippen molar-refractivity contribution in [3.63, 3.8) is 0 Å². The highest BCUT2D eigenvalue weighted by atomic mass is 16.5. The van der Waals surface area contributed by atoms with Crippen LogP contribution in [0.1, 0.15) is 11.3 Å². The molecule has 2 rings (SSSR count). The standard InChI is InChI=1S/C13H16N2O3/c1-7-10(16-3)6-5-9(12(7)17-4)11-8(2)18-13(14)15-11/h5-6H,1-4H3,(H2,14,15). The molecule has 5 heteroatoms. The molecule has 0 spiro atoms. The van der Waals surface area contributed by atoms with Crippen LogP contribution in [0.2, 0.25) is 0 Å². The highest BCUT2D eigenvalue weighted by molar-refractivity contribution is 5.73. The fourth-order valence-electron chi connectivity index (χ4n) is 2.01. The molecule has 0 atom stereocenters. The predicted molar refractivity (Wildman–Crippen MR) is 68.9 cm³/mol. The van der Waals surface area contributed by atoms with Crippen LogP contribution < -0.4 is 15.2 Å². The fraction of sp³-hybridized carbons (Fsp3) is 0.308. The van der Waals surface area contributed by atoms with Crippen molar-refractivity contribution in [3.05, 3.63) is 23.5 Å². The average Bonchev–Trinajstić information content (AvgIpc) is 2.68. The molecule has 1 aromatic carbocycles. The lowest BCUT2D eigenvalue weighted by Crippen LogP contribution is -1.96. The molecule has 0 amide bonds. The maximum atomic E-state index is 5.56. The number of methoxy groups -OCH3 is 2. The Morgan fingerprint density at radius 3 is 2.39 bits per heavy atom. The smallest absolute Gasteiger partial charge is 0.292 e. The van der Waals surface area contributed by atoms with Gasteiger partial charge in [-0.05, 0) is 26.0 Å². The summed E-state index contributed by atoms with van der Waals surface area (Å²) in [7, 11) is 3.24. The topological polar surface area (TPSA) is 70.5 Å². The maximum Gasteiger partial charge on any atom is 0.292 e. The first-order valence-corrected chi connectivity index (χ1v) is 5.53. The third-order valence-electron chi connectivity index (χ3n) is 2.85. The second-order valence-corrected chi connectivity index (χ2v) is 3.93. The molecule has 0 fully saturated rings. The van der Waals surface area contributed by atoms with Crippen LogP contribution in [-0.2, 0) is 0 Å². The SMILES string of the molecule is COc1ccc(-c2nc(N)oc2C)c(OC)c1C. The Balaban J connectivity index is 2.65. The molecule has 1 heterocycles. The molecular formula is C13H16N2O3. The minimum absolute atomic E-state index is 0.151. The van der Waals surface area contributed by atoms with E-state index >= 15 is 0 Å². The summed E-state index contributed by atoms with van der Waals surface area (Å²) in [6.45, 7) is 3.75. The van der Waals surface area contributed by atoms with E-state index in [2.05, 4.69) is 4.98 Å². The monoisotopic (exact) mass is 248 g/mol. The third-order valence-corrected chi connectivity index (χ3v) is 2.85. The van der Waals surface area contributed by atoms with Crippen LogP contribution >= 0.6 is 0 Å². The number of nitrogens with two attached hydrogens (primary N) is 1. The summed E-state index contributed by atoms with van der Waals surface area (Å²) in [6.07, 6.45) is 0. The number of hydrogen-bond acceptors (Lipinski definition) is 5. The number of hydrogen-bond donors (Lipinski definition) is 1. The highest BCUT2D eigenvalue weighted by Gasteiger charge is 2.18. The van der Waals surface area contributed by atoms with Crippen LogP contribution in [0.5, 0.6) is 11.5 Å². The molecule has 0 bridgehead atoms. The molecule has 5 nitrogen and oxygen atoms in total. The maximum absolute atomic E-state index is 5.56. The van der Waals surface area contributed by atoms with Crippen molar-refractivity contribution in [2.45, 2.75) is 13.8 Å². The van der Waals surface area contributed by atoms with E-state index in [1.54, 1.807) is 14.2 Å². The minimum Gasteiger partial charge on any atom is -0.496 e. The van der Waals surface area contributed by atoms with E-state index in [-0.39, 0.29) is 6.01 Å². The van der Waals surface area contributed by atoms with Crippen molar-refractivity contribution >= 4 is 6.01 Å². The molecular weight excluding hydrogens is 232 g/mol. The Morgan fingerprint density at radius 2 is 1.89 bits per heavy atom. The van der Waals surface area contributed by atoms with Crippen molar-refractivity contribution < 1.29 is 13.9 Å². The molecule has 0 aliphatic carbocycles. The first-order valence-electron chi connectivity index (χ1n) is 5.53. The van der Waals surface area contributed by atoms with E-state index in [1.165, 1.54) is 0 Å². The largest absolute Gasteiger partial charge is 0.496 e. The average molecular weight is 248 g/mol. The number of aryl methyl sites for hydroxylation is 1. The zero-order valence-electron chi connectivity index (χ0n) is 10.9. The zero-order chi connectivity index (χ0) is 13.3. The molecule has 0 aliphatic heterocycles. The summed E-state index contributed by atoms with van der Waals surface area (Å²) >= 11 is 0. The Hall–Kier alpha value is -2.17. The Morgan fingerprint density at radius 1 is 1.17 bits per heavy atom. The molecule has 0 saturated carbocycles. The zero-order valence-corrected chi connectivity index (χ0v) is 10.9. The highest BCUT2D eigenvalue weighted by Crippen LogP contribution is 2.38. The minimum atomic E-state index is 0.151. The van der Waals surface area contributed by atoms with E-state index < -0.39 is 0 Å². The van der Waals surface area contributed by atoms with Crippen molar-refractivity contribution in [1.29, 1.82) is 0 Å². The van der Waals surface area contributed by atoms with Gasteiger partial charge in [0.1, 0.15) is 23.0 Å². The van der Waals surface area contributed by atoms with Gasteiger partial charge in [-0.3, -0.25) is 0 Å². The van der Waals surface area contributed by atoms with Crippen LogP contribution in [0.3, 0.4) is 0 Å². The van der Waals surface area contributed by atoms with Gasteiger partial charge < -0.3 is 19.6 Å². The van der Waals surface area contributed by atoms with Crippen LogP contribution in [0.15, 0.2) is 16.5 Å². The van der Waals surface area contributed by atoms with Crippen LogP contribution in [0, 0.1) is 13.8 Å². The second kappa shape index (κ2) is 4.60. The number of rotatable bonds is 3. The van der Waals surface area contributed by atoms with Crippen LogP contribution in [0.25, 0.3) is 11.3 Å². The van der Waals surface area contributed by atoms with E-state index in [1.807, 2.05) is 26.0 Å². The van der Waals surface area contributed by atoms with Crippen LogP contribution in [-0.4, -0.2) is 19.2 Å². The number of ether oxygens (including phenoxy) is 2. The number of benzene rings is 1. The van der Waals surface area contributed by atoms with Gasteiger partial charge in [-0.2, -0.15) is 4.98 Å². The number of aromatic nitrogens is 1. The number of oxazole rings is 1. The van der Waals surface area contributed by atoms with E-state index in [0.717, 1.165) is 16.9 Å². The van der Waals surface area contributed by atoms with Gasteiger partial charge in [0.05, 0.1) is 14.2 Å². The molecule has 2 aromatic rings. The van der Waals surface area contributed by atoms with Gasteiger partial charge in [0.2, 0.25) is 0 Å². The molecule has 2 N–H and O–H groups in total. The summed E-state index contributed by atoms with van der Waals surface area (Å²) in [5.74, 6) is 2.14. The van der Waals surface area contributed by atoms with Crippen molar-refractivity contribution in [3.8, 4) is 22.8 Å². The van der Waals surface area contributed by atoms with E-state index in [4.69, 9.17) is 19.6 Å². The lowest BCUT2D eigenvalue weighted by atomic mass is 10.0. The van der Waals surface area contributed by atoms with Gasteiger partial charge in [-0.15, -0.1) is 0 Å². The summed E-state index contributed by atoms with van der Waals surface area (Å²) < 4.78 is 15.9. The fourth-order valence-corrected chi connectivity index (χ4v) is 2.01. The molecule has 1 aromatic heterocycles. The molecule has 0 aliphatic rings. The first-order chi connectivity index (χ1) is 8.58. The Labute approximate surface area is 106 Å². The van der Waals surface area contributed by atoms with Gasteiger partial charge in [-0.1, -0.05) is 0 Å². The number of nitrogen functional groups attached to an aromatic ring is 1. The van der Waals surface area contributed by atoms with Gasteiger partial charge in [-0.25, -0.2) is 0 Å². The van der Waals surface area contributed by atoms with Gasteiger partial charge in [0.25, 0.3) is 6.01 Å². The normalized spacial score (nSPS) is 10.4. The van der Waals surface area contributed by atoms with Crippen molar-refractivity contribution in [2.75, 3.05) is 20.0 Å². The van der Waals surface area contributed by atoms with Crippen molar-refractivity contribution in [1.82, 2.24) is 4.98 Å². The van der Waals surface area contributed by atoms with E-state index in [0.29, 0.717) is 17.2 Å². The summed E-state index contributed by atoms with van der Waals surface area (Å²) in [4.78, 5) is 4.18. The molecule has 18 heavy (non-hydrogen) atoms. The van der Waals surface area contributed by atoms with Crippen LogP contribution in [0.4, 0.5) is 6.01 Å². The summed E-state index contributed by atoms with van der Waals surface area (Å²) in [6, 6.07) is 3.91. The molecule has 96 valence electrons. The quantitative estimate of drug-likeness (QED) is 0.903. The second-order valence-electron chi connectivity index (χ2n) is 3.93. The van der Waals surface area contributed by atoms with Gasteiger partial charge in [0.15, 0.2) is 0 Å². The van der Waals surface area contributed by atoms with Crippen molar-refractivity contribution in [2.24, 2.45) is 0 Å². The van der Waals surface area contributed by atoms with Gasteiger partial charge in [0, 0.05) is 11.1 Å². The van der Waals surface area contributed by atoms with E-state index in [9.17, 15) is 0 Å². The summed E-state index contributed by atoms with van der Waals surface area (Å²) in [5.41, 5.74) is 8.01. The third kappa shape index (κ3) is 1.88. The van der Waals surface area contributed by atoms with Gasteiger partial charge >= 0.3 is 0 Å². The summed E-state index contributed by atoms with van der Waals surface area (Å²) in [5, 5.41) is 0. The Bertz CT molecular complexity index is 576. The molecule has 0 radical (unpaired) electrons. The molecule has 0 unspecified atom stereocenters. The first kappa shape index (κ1) is 12.3.